The maximum atomic E-state index is 9.94. The van der Waals surface area contributed by atoms with Crippen molar-refractivity contribution in [3.63, 3.8) is 0 Å². The second-order valence-corrected chi connectivity index (χ2v) is 5.50. The molecule has 0 aliphatic carbocycles. The molecule has 0 unspecified atom stereocenters. The summed E-state index contributed by atoms with van der Waals surface area (Å²) in [5.74, 6) is 0. The van der Waals surface area contributed by atoms with E-state index in [2.05, 4.69) is 11.9 Å². The second-order valence-electron chi connectivity index (χ2n) is 4.42. The van der Waals surface area contributed by atoms with Crippen LogP contribution in [0.4, 0.5) is 0 Å². The lowest BCUT2D eigenvalue weighted by Crippen LogP contribution is -2.30. The molecule has 0 aliphatic heterocycles. The molecule has 92 valence electrons. The fraction of sp³-hybridized carbons (Fsp3) is 0.286. The Labute approximate surface area is 109 Å². The topological polar surface area (TPSA) is 37.0 Å². The van der Waals surface area contributed by atoms with E-state index >= 15 is 0 Å². The third-order valence-corrected chi connectivity index (χ3v) is 4.25. The minimum atomic E-state index is 0.829. The van der Waals surface area contributed by atoms with Gasteiger partial charge < -0.3 is 0 Å². The highest BCUT2D eigenvalue weighted by Gasteiger charge is 2.16. The molecule has 0 radical (unpaired) electrons. The lowest BCUT2D eigenvalue weighted by molar-refractivity contribution is -0.883. The molecule has 0 amide bonds. The van der Waals surface area contributed by atoms with Gasteiger partial charge in [0, 0.05) is 10.8 Å². The molecule has 2 aromatic heterocycles. The van der Waals surface area contributed by atoms with Gasteiger partial charge in [-0.2, -0.15) is 0 Å². The van der Waals surface area contributed by atoms with Crippen LogP contribution in [-0.2, 0) is 6.42 Å². The molecular weight excluding hydrogens is 244 g/mol. The number of thiazole rings is 1. The molecule has 1 N–H and O–H groups in total. The van der Waals surface area contributed by atoms with Gasteiger partial charge in [-0.3, -0.25) is 5.21 Å². The van der Waals surface area contributed by atoms with Gasteiger partial charge in [-0.05, 0) is 18.9 Å². The van der Waals surface area contributed by atoms with Gasteiger partial charge in [-0.15, -0.1) is 11.3 Å². The van der Waals surface area contributed by atoms with Gasteiger partial charge in [-0.1, -0.05) is 25.5 Å². The Kier molecular flexibility index (Phi) is 2.88. The van der Waals surface area contributed by atoms with Gasteiger partial charge in [0.1, 0.15) is 0 Å². The van der Waals surface area contributed by atoms with Gasteiger partial charge >= 0.3 is 0 Å². The van der Waals surface area contributed by atoms with E-state index in [0.29, 0.717) is 0 Å². The summed E-state index contributed by atoms with van der Waals surface area (Å²) in [7, 11) is 0. The third-order valence-electron chi connectivity index (χ3n) is 3.08. The van der Waals surface area contributed by atoms with Crippen molar-refractivity contribution in [2.45, 2.75) is 26.2 Å². The van der Waals surface area contributed by atoms with Crippen LogP contribution in [0.15, 0.2) is 30.5 Å². The maximum absolute atomic E-state index is 9.94. The average molecular weight is 259 g/mol. The van der Waals surface area contributed by atoms with Crippen molar-refractivity contribution in [1.29, 1.82) is 0 Å². The zero-order valence-electron chi connectivity index (χ0n) is 10.3. The number of unbranched alkanes of at least 4 members (excludes halogenated alkanes) is 1. The molecule has 0 fully saturated rings. The first-order valence-corrected chi connectivity index (χ1v) is 7.03. The third kappa shape index (κ3) is 1.82. The van der Waals surface area contributed by atoms with Crippen LogP contribution in [0.3, 0.4) is 0 Å². The summed E-state index contributed by atoms with van der Waals surface area (Å²) < 4.78 is 2.34. The lowest BCUT2D eigenvalue weighted by atomic mass is 10.2. The van der Waals surface area contributed by atoms with E-state index in [1.165, 1.54) is 15.9 Å². The minimum Gasteiger partial charge on any atom is -0.284 e. The molecule has 3 rings (SSSR count). The highest BCUT2D eigenvalue weighted by molar-refractivity contribution is 7.19. The van der Waals surface area contributed by atoms with Crippen LogP contribution in [0, 0.1) is 0 Å². The SMILES string of the molecule is CCCCc1nc2c[n+](O)c3ccccc3c2s1. The largest absolute Gasteiger partial charge is 0.284 e. The predicted octanol–water partition coefficient (Wildman–Crippen LogP) is 3.32. The lowest BCUT2D eigenvalue weighted by Gasteiger charge is -1.93. The smallest absolute Gasteiger partial charge is 0.266 e. The highest BCUT2D eigenvalue weighted by Crippen LogP contribution is 2.28. The molecule has 3 nitrogen and oxygen atoms in total. The molecule has 0 aliphatic rings. The van der Waals surface area contributed by atoms with E-state index in [1.54, 1.807) is 17.5 Å². The summed E-state index contributed by atoms with van der Waals surface area (Å²) in [5, 5.41) is 12.2. The van der Waals surface area contributed by atoms with E-state index in [-0.39, 0.29) is 0 Å². The molecule has 0 saturated heterocycles. The zero-order chi connectivity index (χ0) is 12.5. The Balaban J connectivity index is 2.23. The van der Waals surface area contributed by atoms with Gasteiger partial charge in [0.05, 0.1) is 15.1 Å². The van der Waals surface area contributed by atoms with Gasteiger partial charge in [0.2, 0.25) is 6.20 Å². The number of rotatable bonds is 3. The van der Waals surface area contributed by atoms with Crippen LogP contribution >= 0.6 is 11.3 Å². The van der Waals surface area contributed by atoms with E-state index in [0.717, 1.165) is 34.3 Å². The number of aromatic nitrogens is 2. The number of aryl methyl sites for hydroxylation is 1. The Hall–Kier alpha value is -1.68. The normalized spacial score (nSPS) is 11.4. The number of nitrogens with zero attached hydrogens (tertiary/aromatic N) is 2. The van der Waals surface area contributed by atoms with Crippen molar-refractivity contribution in [3.05, 3.63) is 35.5 Å². The molecule has 2 heterocycles. The van der Waals surface area contributed by atoms with Crippen molar-refractivity contribution >= 4 is 32.5 Å². The summed E-state index contributed by atoms with van der Waals surface area (Å²) in [6.45, 7) is 2.18. The number of pyridine rings is 1. The van der Waals surface area contributed by atoms with Crippen LogP contribution in [0.2, 0.25) is 0 Å². The zero-order valence-corrected chi connectivity index (χ0v) is 11.1. The fourth-order valence-corrected chi connectivity index (χ4v) is 3.26. The average Bonchev–Trinajstić information content (AvgIpc) is 2.80. The number of hydrogen-bond acceptors (Lipinski definition) is 3. The standard InChI is InChI=1S/C14H15N2OS/c1-2-3-8-13-15-11-9-16(17)12-7-5-4-6-10(12)14(11)18-13/h4-7,9,17H,2-3,8H2,1H3/q+1. The van der Waals surface area contributed by atoms with Crippen molar-refractivity contribution in [3.8, 4) is 0 Å². The van der Waals surface area contributed by atoms with Crippen molar-refractivity contribution < 1.29 is 9.94 Å². The van der Waals surface area contributed by atoms with Crippen molar-refractivity contribution in [2.24, 2.45) is 0 Å². The molecule has 18 heavy (non-hydrogen) atoms. The van der Waals surface area contributed by atoms with Crippen LogP contribution in [0.1, 0.15) is 24.8 Å². The molecule has 3 aromatic rings. The Morgan fingerprint density at radius 2 is 2.17 bits per heavy atom. The van der Waals surface area contributed by atoms with E-state index in [1.807, 2.05) is 24.3 Å². The fourth-order valence-electron chi connectivity index (χ4n) is 2.14. The second kappa shape index (κ2) is 4.53. The van der Waals surface area contributed by atoms with E-state index in [4.69, 9.17) is 0 Å². The van der Waals surface area contributed by atoms with Crippen LogP contribution in [-0.4, -0.2) is 10.2 Å². The summed E-state index contributed by atoms with van der Waals surface area (Å²) in [6.07, 6.45) is 5.06. The first-order chi connectivity index (χ1) is 8.79. The number of hydrogen-bond donors (Lipinski definition) is 1. The summed E-state index contributed by atoms with van der Waals surface area (Å²) in [6, 6.07) is 7.87. The van der Waals surface area contributed by atoms with Crippen molar-refractivity contribution in [2.75, 3.05) is 0 Å². The number of fused-ring (bicyclic) bond motifs is 3. The van der Waals surface area contributed by atoms with Crippen LogP contribution in [0.25, 0.3) is 21.1 Å². The van der Waals surface area contributed by atoms with E-state index in [9.17, 15) is 5.21 Å². The molecular formula is C14H15N2OS+. The Morgan fingerprint density at radius 3 is 3.00 bits per heavy atom. The van der Waals surface area contributed by atoms with Gasteiger partial charge in [0.25, 0.3) is 5.52 Å². The Morgan fingerprint density at radius 1 is 1.33 bits per heavy atom. The van der Waals surface area contributed by atoms with E-state index < -0.39 is 0 Å². The first kappa shape index (κ1) is 11.4. The molecule has 0 spiro atoms. The van der Waals surface area contributed by atoms with Crippen LogP contribution in [0.5, 0.6) is 0 Å². The minimum absolute atomic E-state index is 0.829. The highest BCUT2D eigenvalue weighted by atomic mass is 32.1. The van der Waals surface area contributed by atoms with Gasteiger partial charge in [0.15, 0.2) is 5.52 Å². The van der Waals surface area contributed by atoms with Crippen molar-refractivity contribution in [1.82, 2.24) is 4.98 Å². The Bertz CT molecular complexity index is 705. The molecule has 0 bridgehead atoms. The molecule has 0 atom stereocenters. The first-order valence-electron chi connectivity index (χ1n) is 6.21. The summed E-state index contributed by atoms with van der Waals surface area (Å²) >= 11 is 1.74. The molecule has 1 aromatic carbocycles. The van der Waals surface area contributed by atoms with Gasteiger partial charge in [-0.25, -0.2) is 4.98 Å². The number of para-hydroxylation sites is 1. The molecule has 4 heteroatoms. The van der Waals surface area contributed by atoms with Crippen LogP contribution < -0.4 is 4.73 Å². The molecule has 0 saturated carbocycles. The maximum Gasteiger partial charge on any atom is 0.266 e. The monoisotopic (exact) mass is 259 g/mol. The summed E-state index contributed by atoms with van der Waals surface area (Å²) in [5.41, 5.74) is 1.71. The number of benzene rings is 1. The quantitative estimate of drug-likeness (QED) is 0.578. The summed E-state index contributed by atoms with van der Waals surface area (Å²) in [4.78, 5) is 4.60. The predicted molar refractivity (Wildman–Crippen MR) is 73.1 cm³/mol.